The largest absolute Gasteiger partial charge is 0.396 e. The smallest absolute Gasteiger partial charge is 0.0456 e. The molecule has 2 aromatic rings. The molecular weight excluding hydrogens is 338 g/mol. The summed E-state index contributed by atoms with van der Waals surface area (Å²) in [5.74, 6) is 0. The monoisotopic (exact) mass is 353 g/mol. The molecule has 0 amide bonds. The summed E-state index contributed by atoms with van der Waals surface area (Å²) in [4.78, 5) is 0. The maximum atomic E-state index is 8.87. The molecule has 0 aliphatic heterocycles. The van der Waals surface area contributed by atoms with Gasteiger partial charge in [-0.1, -0.05) is 39.7 Å². The lowest BCUT2D eigenvalue weighted by molar-refractivity contribution is 0.288. The van der Waals surface area contributed by atoms with Gasteiger partial charge in [-0.15, -0.1) is 0 Å². The Bertz CT molecular complexity index is 574. The van der Waals surface area contributed by atoms with Crippen molar-refractivity contribution >= 4 is 33.2 Å². The van der Waals surface area contributed by atoms with Crippen molar-refractivity contribution in [3.05, 3.63) is 63.1 Å². The molecule has 0 spiro atoms. The highest BCUT2D eigenvalue weighted by molar-refractivity contribution is 9.10. The van der Waals surface area contributed by atoms with E-state index in [4.69, 9.17) is 16.7 Å². The van der Waals surface area contributed by atoms with Crippen LogP contribution in [0.15, 0.2) is 46.9 Å². The minimum atomic E-state index is 0.227. The number of aliphatic hydroxyl groups is 1. The molecule has 2 nitrogen and oxygen atoms in total. The van der Waals surface area contributed by atoms with Gasteiger partial charge in [-0.05, 0) is 54.3 Å². The molecule has 106 valence electrons. The maximum absolute atomic E-state index is 8.87. The first-order valence-corrected chi connectivity index (χ1v) is 7.74. The number of anilines is 1. The van der Waals surface area contributed by atoms with Crippen molar-refractivity contribution in [1.29, 1.82) is 0 Å². The number of aliphatic hydroxyl groups excluding tert-OH is 1. The molecule has 0 saturated heterocycles. The van der Waals surface area contributed by atoms with Gasteiger partial charge in [-0.2, -0.15) is 0 Å². The summed E-state index contributed by atoms with van der Waals surface area (Å²) in [5, 5.41) is 13.0. The fourth-order valence-electron chi connectivity index (χ4n) is 2.00. The Balaban J connectivity index is 2.01. The maximum Gasteiger partial charge on any atom is 0.0456 e. The van der Waals surface area contributed by atoms with Crippen LogP contribution in [0.3, 0.4) is 0 Å². The molecule has 2 N–H and O–H groups in total. The first-order chi connectivity index (χ1) is 9.69. The number of rotatable bonds is 6. The Morgan fingerprint density at radius 3 is 2.80 bits per heavy atom. The molecule has 0 unspecified atom stereocenters. The van der Waals surface area contributed by atoms with Crippen LogP contribution in [0.5, 0.6) is 0 Å². The zero-order valence-corrected chi connectivity index (χ0v) is 13.4. The molecule has 0 atom stereocenters. The van der Waals surface area contributed by atoms with E-state index in [-0.39, 0.29) is 6.61 Å². The van der Waals surface area contributed by atoms with Gasteiger partial charge in [-0.3, -0.25) is 0 Å². The van der Waals surface area contributed by atoms with Gasteiger partial charge < -0.3 is 10.4 Å². The highest BCUT2D eigenvalue weighted by Gasteiger charge is 2.02. The number of aryl methyl sites for hydroxylation is 1. The summed E-state index contributed by atoms with van der Waals surface area (Å²) in [6.45, 7) is 0.910. The van der Waals surface area contributed by atoms with Gasteiger partial charge in [0.15, 0.2) is 0 Å². The molecule has 20 heavy (non-hydrogen) atoms. The van der Waals surface area contributed by atoms with Crippen molar-refractivity contribution in [2.45, 2.75) is 19.4 Å². The van der Waals surface area contributed by atoms with E-state index < -0.39 is 0 Å². The third-order valence-electron chi connectivity index (χ3n) is 3.04. The third-order valence-corrected chi connectivity index (χ3v) is 3.90. The average molecular weight is 355 g/mol. The van der Waals surface area contributed by atoms with Crippen LogP contribution in [0.25, 0.3) is 0 Å². The van der Waals surface area contributed by atoms with Crippen LogP contribution in [-0.4, -0.2) is 11.7 Å². The van der Waals surface area contributed by atoms with Crippen LogP contribution in [0, 0.1) is 0 Å². The van der Waals surface area contributed by atoms with Crippen LogP contribution >= 0.6 is 27.5 Å². The molecule has 0 fully saturated rings. The normalized spacial score (nSPS) is 10.6. The fourth-order valence-corrected chi connectivity index (χ4v) is 2.59. The van der Waals surface area contributed by atoms with Crippen molar-refractivity contribution in [2.24, 2.45) is 0 Å². The SMILES string of the molecule is OCCCc1cccc(NCc2cc(Br)ccc2Cl)c1. The molecule has 0 heterocycles. The van der Waals surface area contributed by atoms with Crippen LogP contribution < -0.4 is 5.32 Å². The topological polar surface area (TPSA) is 32.3 Å². The lowest BCUT2D eigenvalue weighted by atomic mass is 10.1. The van der Waals surface area contributed by atoms with E-state index in [0.717, 1.165) is 33.6 Å². The van der Waals surface area contributed by atoms with Crippen LogP contribution in [0.2, 0.25) is 5.02 Å². The summed E-state index contributed by atoms with van der Waals surface area (Å²) >= 11 is 9.63. The second kappa shape index (κ2) is 7.67. The van der Waals surface area contributed by atoms with Gasteiger partial charge >= 0.3 is 0 Å². The molecule has 0 aliphatic carbocycles. The third kappa shape index (κ3) is 4.51. The fraction of sp³-hybridized carbons (Fsp3) is 0.250. The highest BCUT2D eigenvalue weighted by Crippen LogP contribution is 2.22. The lowest BCUT2D eigenvalue weighted by Gasteiger charge is -2.10. The second-order valence-electron chi connectivity index (χ2n) is 4.62. The first-order valence-electron chi connectivity index (χ1n) is 6.56. The summed E-state index contributed by atoms with van der Waals surface area (Å²) in [7, 11) is 0. The van der Waals surface area contributed by atoms with Gasteiger partial charge in [0.05, 0.1) is 0 Å². The number of benzene rings is 2. The van der Waals surface area contributed by atoms with Gasteiger partial charge in [0.2, 0.25) is 0 Å². The molecule has 0 saturated carbocycles. The van der Waals surface area contributed by atoms with Gasteiger partial charge in [0.1, 0.15) is 0 Å². The molecule has 0 bridgehead atoms. The minimum Gasteiger partial charge on any atom is -0.396 e. The quantitative estimate of drug-likeness (QED) is 0.792. The van der Waals surface area contributed by atoms with E-state index >= 15 is 0 Å². The summed E-state index contributed by atoms with van der Waals surface area (Å²) in [6.07, 6.45) is 1.69. The Labute approximate surface area is 132 Å². The molecule has 0 aromatic heterocycles. The molecule has 0 aliphatic rings. The van der Waals surface area contributed by atoms with Crippen LogP contribution in [0.1, 0.15) is 17.5 Å². The van der Waals surface area contributed by atoms with E-state index in [1.807, 2.05) is 30.3 Å². The lowest BCUT2D eigenvalue weighted by Crippen LogP contribution is -2.01. The van der Waals surface area contributed by atoms with E-state index in [9.17, 15) is 0 Å². The number of hydrogen-bond donors (Lipinski definition) is 2. The predicted octanol–water partition coefficient (Wildman–Crippen LogP) is 4.64. The average Bonchev–Trinajstić information content (AvgIpc) is 2.46. The molecule has 2 rings (SSSR count). The predicted molar refractivity (Wildman–Crippen MR) is 88.3 cm³/mol. The minimum absolute atomic E-state index is 0.227. The Morgan fingerprint density at radius 1 is 1.15 bits per heavy atom. The molecule has 0 radical (unpaired) electrons. The van der Waals surface area contributed by atoms with Gasteiger partial charge in [-0.25, -0.2) is 0 Å². The van der Waals surface area contributed by atoms with Gasteiger partial charge in [0.25, 0.3) is 0 Å². The van der Waals surface area contributed by atoms with Crippen molar-refractivity contribution in [2.75, 3.05) is 11.9 Å². The van der Waals surface area contributed by atoms with Crippen molar-refractivity contribution in [3.8, 4) is 0 Å². The number of halogens is 2. The zero-order valence-electron chi connectivity index (χ0n) is 11.1. The van der Waals surface area contributed by atoms with E-state index in [1.165, 1.54) is 5.56 Å². The van der Waals surface area contributed by atoms with Crippen LogP contribution in [-0.2, 0) is 13.0 Å². The van der Waals surface area contributed by atoms with Crippen LogP contribution in [0.4, 0.5) is 5.69 Å². The number of hydrogen-bond acceptors (Lipinski definition) is 2. The molecule has 4 heteroatoms. The Kier molecular flexibility index (Phi) is 5.89. The number of nitrogens with one attached hydrogen (secondary N) is 1. The Morgan fingerprint density at radius 2 is 2.00 bits per heavy atom. The summed E-state index contributed by atoms with van der Waals surface area (Å²) < 4.78 is 1.02. The highest BCUT2D eigenvalue weighted by atomic mass is 79.9. The van der Waals surface area contributed by atoms with E-state index in [1.54, 1.807) is 0 Å². The zero-order chi connectivity index (χ0) is 14.4. The van der Waals surface area contributed by atoms with Crippen molar-refractivity contribution < 1.29 is 5.11 Å². The molecular formula is C16H17BrClNO. The van der Waals surface area contributed by atoms with E-state index in [0.29, 0.717) is 6.54 Å². The second-order valence-corrected chi connectivity index (χ2v) is 5.94. The van der Waals surface area contributed by atoms with Gasteiger partial charge in [0, 0.05) is 28.3 Å². The summed E-state index contributed by atoms with van der Waals surface area (Å²) in [5.41, 5.74) is 3.35. The first kappa shape index (κ1) is 15.4. The van der Waals surface area contributed by atoms with Crippen molar-refractivity contribution in [1.82, 2.24) is 0 Å². The summed E-state index contributed by atoms with van der Waals surface area (Å²) in [6, 6.07) is 14.1. The van der Waals surface area contributed by atoms with Crippen molar-refractivity contribution in [3.63, 3.8) is 0 Å². The molecule has 2 aromatic carbocycles. The Hall–Kier alpha value is -1.03. The van der Waals surface area contributed by atoms with E-state index in [2.05, 4.69) is 33.4 Å². The standard InChI is InChI=1S/C16H17BrClNO/c17-14-6-7-16(18)13(10-14)11-19-15-5-1-3-12(9-15)4-2-8-20/h1,3,5-7,9-10,19-20H,2,4,8,11H2.